The van der Waals surface area contributed by atoms with E-state index >= 15 is 0 Å². The van der Waals surface area contributed by atoms with Crippen LogP contribution in [0.4, 0.5) is 5.13 Å². The van der Waals surface area contributed by atoms with Crippen LogP contribution in [0.5, 0.6) is 0 Å². The van der Waals surface area contributed by atoms with Gasteiger partial charge in [0.2, 0.25) is 5.91 Å². The molecule has 1 heterocycles. The highest BCUT2D eigenvalue weighted by atomic mass is 35.5. The molecule has 0 aliphatic rings. The van der Waals surface area contributed by atoms with Crippen LogP contribution in [0.25, 0.3) is 10.2 Å². The van der Waals surface area contributed by atoms with Gasteiger partial charge in [-0.25, -0.2) is 4.98 Å². The lowest BCUT2D eigenvalue weighted by molar-refractivity contribution is -0.119. The number of nitrogens with zero attached hydrogens (tertiary/aromatic N) is 1. The van der Waals surface area contributed by atoms with Crippen molar-refractivity contribution < 1.29 is 4.79 Å². The number of unbranched alkanes of at least 4 members (excludes halogenated alkanes) is 1. The number of hydrogen-bond donors (Lipinski definition) is 2. The normalized spacial score (nSPS) is 10.6. The number of thiocarbonyl (C=S) groups is 1. The van der Waals surface area contributed by atoms with Crippen molar-refractivity contribution >= 4 is 73.1 Å². The second kappa shape index (κ2) is 7.35. The maximum atomic E-state index is 11.6. The SMILES string of the molecule is CCCCC(=O)NC(=S)Nc1nc2c(Cl)c(Cl)ccc2s1. The van der Waals surface area contributed by atoms with E-state index in [0.29, 0.717) is 27.1 Å². The minimum absolute atomic E-state index is 0.100. The molecular weight excluding hydrogens is 349 g/mol. The van der Waals surface area contributed by atoms with Gasteiger partial charge in [-0.15, -0.1) is 0 Å². The zero-order valence-electron chi connectivity index (χ0n) is 11.2. The van der Waals surface area contributed by atoms with Crippen molar-refractivity contribution in [3.8, 4) is 0 Å². The Labute approximate surface area is 141 Å². The summed E-state index contributed by atoms with van der Waals surface area (Å²) in [5.41, 5.74) is 0.622. The van der Waals surface area contributed by atoms with Gasteiger partial charge in [-0.05, 0) is 30.8 Å². The van der Waals surface area contributed by atoms with Crippen LogP contribution in [0.15, 0.2) is 12.1 Å². The van der Waals surface area contributed by atoms with Gasteiger partial charge >= 0.3 is 0 Å². The predicted molar refractivity (Wildman–Crippen MR) is 93.5 cm³/mol. The van der Waals surface area contributed by atoms with Crippen LogP contribution in [-0.2, 0) is 4.79 Å². The van der Waals surface area contributed by atoms with Gasteiger partial charge in [0.05, 0.1) is 14.7 Å². The highest BCUT2D eigenvalue weighted by Gasteiger charge is 2.11. The number of carbonyl (C=O) groups excluding carboxylic acids is 1. The van der Waals surface area contributed by atoms with E-state index in [1.54, 1.807) is 6.07 Å². The molecule has 2 aromatic rings. The number of carbonyl (C=O) groups is 1. The zero-order chi connectivity index (χ0) is 15.4. The summed E-state index contributed by atoms with van der Waals surface area (Å²) >= 11 is 18.5. The molecule has 0 saturated carbocycles. The van der Waals surface area contributed by atoms with Crippen molar-refractivity contribution in [2.45, 2.75) is 26.2 Å². The second-order valence-corrected chi connectivity index (χ2v) is 6.56. The van der Waals surface area contributed by atoms with Crippen molar-refractivity contribution in [2.75, 3.05) is 5.32 Å². The maximum absolute atomic E-state index is 11.6. The summed E-state index contributed by atoms with van der Waals surface area (Å²) in [4.78, 5) is 15.9. The van der Waals surface area contributed by atoms with E-state index in [4.69, 9.17) is 35.4 Å². The molecule has 0 aliphatic carbocycles. The lowest BCUT2D eigenvalue weighted by Gasteiger charge is -2.06. The van der Waals surface area contributed by atoms with E-state index in [1.165, 1.54) is 11.3 Å². The molecule has 21 heavy (non-hydrogen) atoms. The monoisotopic (exact) mass is 361 g/mol. The Morgan fingerprint density at radius 2 is 2.19 bits per heavy atom. The number of hydrogen-bond acceptors (Lipinski definition) is 4. The number of aromatic nitrogens is 1. The Morgan fingerprint density at radius 1 is 1.43 bits per heavy atom. The molecule has 1 amide bonds. The molecule has 0 aliphatic heterocycles. The van der Waals surface area contributed by atoms with Gasteiger partial charge in [0.1, 0.15) is 5.52 Å². The molecule has 0 spiro atoms. The predicted octanol–water partition coefficient (Wildman–Crippen LogP) is 4.61. The average molecular weight is 362 g/mol. The molecule has 1 aromatic carbocycles. The fraction of sp³-hybridized carbons (Fsp3) is 0.308. The third-order valence-electron chi connectivity index (χ3n) is 2.68. The van der Waals surface area contributed by atoms with E-state index < -0.39 is 0 Å². The first-order chi connectivity index (χ1) is 10.0. The van der Waals surface area contributed by atoms with E-state index in [-0.39, 0.29) is 11.0 Å². The van der Waals surface area contributed by atoms with E-state index in [1.807, 2.05) is 13.0 Å². The molecule has 112 valence electrons. The topological polar surface area (TPSA) is 54.0 Å². The second-order valence-electron chi connectivity index (χ2n) is 4.33. The third-order valence-corrected chi connectivity index (χ3v) is 4.62. The van der Waals surface area contributed by atoms with Crippen LogP contribution in [0.2, 0.25) is 10.0 Å². The lowest BCUT2D eigenvalue weighted by Crippen LogP contribution is -2.33. The van der Waals surface area contributed by atoms with Crippen LogP contribution in [0.1, 0.15) is 26.2 Å². The highest BCUT2D eigenvalue weighted by Crippen LogP contribution is 2.35. The van der Waals surface area contributed by atoms with E-state index in [2.05, 4.69) is 15.6 Å². The zero-order valence-corrected chi connectivity index (χ0v) is 14.3. The Bertz CT molecular complexity index is 687. The van der Waals surface area contributed by atoms with Gasteiger partial charge in [0.15, 0.2) is 10.2 Å². The number of anilines is 1. The van der Waals surface area contributed by atoms with Crippen molar-refractivity contribution in [3.63, 3.8) is 0 Å². The first-order valence-electron chi connectivity index (χ1n) is 6.36. The van der Waals surface area contributed by atoms with E-state index in [0.717, 1.165) is 17.5 Å². The number of fused-ring (bicyclic) bond motifs is 1. The quantitative estimate of drug-likeness (QED) is 0.780. The largest absolute Gasteiger partial charge is 0.308 e. The summed E-state index contributed by atoms with van der Waals surface area (Å²) in [7, 11) is 0. The van der Waals surface area contributed by atoms with Crippen LogP contribution in [-0.4, -0.2) is 16.0 Å². The van der Waals surface area contributed by atoms with Gasteiger partial charge in [0.25, 0.3) is 0 Å². The Kier molecular flexibility index (Phi) is 5.75. The number of amides is 1. The van der Waals surface area contributed by atoms with Gasteiger partial charge in [-0.3, -0.25) is 4.79 Å². The van der Waals surface area contributed by atoms with Crippen molar-refractivity contribution in [1.29, 1.82) is 0 Å². The first kappa shape index (κ1) is 16.4. The van der Waals surface area contributed by atoms with Gasteiger partial charge in [0, 0.05) is 6.42 Å². The summed E-state index contributed by atoms with van der Waals surface area (Å²) in [5.74, 6) is -0.100. The van der Waals surface area contributed by atoms with Crippen LogP contribution in [0, 0.1) is 0 Å². The molecule has 2 rings (SSSR count). The fourth-order valence-electron chi connectivity index (χ4n) is 1.65. The number of benzene rings is 1. The fourth-order valence-corrected chi connectivity index (χ4v) is 3.22. The lowest BCUT2D eigenvalue weighted by atomic mass is 10.2. The van der Waals surface area contributed by atoms with Crippen LogP contribution < -0.4 is 10.6 Å². The Hall–Kier alpha value is -0.950. The smallest absolute Gasteiger partial charge is 0.226 e. The molecule has 1 aromatic heterocycles. The molecule has 0 bridgehead atoms. The number of nitrogens with one attached hydrogen (secondary N) is 2. The van der Waals surface area contributed by atoms with Crippen LogP contribution in [0.3, 0.4) is 0 Å². The minimum Gasteiger partial charge on any atom is -0.308 e. The summed E-state index contributed by atoms with van der Waals surface area (Å²) < 4.78 is 0.895. The van der Waals surface area contributed by atoms with E-state index in [9.17, 15) is 4.79 Å². The van der Waals surface area contributed by atoms with Gasteiger partial charge in [-0.1, -0.05) is 47.9 Å². The van der Waals surface area contributed by atoms with Gasteiger partial charge < -0.3 is 10.6 Å². The summed E-state index contributed by atoms with van der Waals surface area (Å²) in [6, 6.07) is 3.56. The number of halogens is 2. The molecule has 0 saturated heterocycles. The average Bonchev–Trinajstić information content (AvgIpc) is 2.84. The number of rotatable bonds is 4. The third kappa shape index (κ3) is 4.26. The summed E-state index contributed by atoms with van der Waals surface area (Å²) in [6.45, 7) is 2.03. The van der Waals surface area contributed by atoms with Crippen LogP contribution >= 0.6 is 46.8 Å². The molecule has 0 unspecified atom stereocenters. The molecule has 0 fully saturated rings. The van der Waals surface area contributed by atoms with Crippen molar-refractivity contribution in [3.05, 3.63) is 22.2 Å². The minimum atomic E-state index is -0.100. The number of thiazole rings is 1. The molecule has 0 radical (unpaired) electrons. The maximum Gasteiger partial charge on any atom is 0.226 e. The van der Waals surface area contributed by atoms with Gasteiger partial charge in [-0.2, -0.15) is 0 Å². The standard InChI is InChI=1S/C13H13Cl2N3OS2/c1-2-3-4-9(19)16-12(20)18-13-17-11-8(21-13)6-5-7(14)10(11)15/h5-6H,2-4H2,1H3,(H2,16,17,18,19,20). The van der Waals surface area contributed by atoms with Crippen molar-refractivity contribution in [2.24, 2.45) is 0 Å². The summed E-state index contributed by atoms with van der Waals surface area (Å²) in [6.07, 6.45) is 2.26. The molecular formula is C13H13Cl2N3OS2. The molecule has 2 N–H and O–H groups in total. The highest BCUT2D eigenvalue weighted by molar-refractivity contribution is 7.80. The summed E-state index contributed by atoms with van der Waals surface area (Å²) in [5, 5.41) is 7.18. The van der Waals surface area contributed by atoms with Crippen molar-refractivity contribution in [1.82, 2.24) is 10.3 Å². The molecule has 4 nitrogen and oxygen atoms in total. The first-order valence-corrected chi connectivity index (χ1v) is 8.34. The molecule has 0 atom stereocenters. The Balaban J connectivity index is 2.04. The molecule has 8 heteroatoms. The Morgan fingerprint density at radius 3 is 2.90 bits per heavy atom.